The second-order valence-electron chi connectivity index (χ2n) is 14.9. The van der Waals surface area contributed by atoms with Gasteiger partial charge in [0.2, 0.25) is 17.7 Å². The van der Waals surface area contributed by atoms with Crippen LogP contribution in [0.5, 0.6) is 0 Å². The topological polar surface area (TPSA) is 75.7 Å². The lowest BCUT2D eigenvalue weighted by atomic mass is 9.70. The normalized spacial score (nSPS) is 18.6. The summed E-state index contributed by atoms with van der Waals surface area (Å²) < 4.78 is 6.03. The van der Waals surface area contributed by atoms with Crippen molar-refractivity contribution in [3.63, 3.8) is 0 Å². The molecule has 6 nitrogen and oxygen atoms in total. The van der Waals surface area contributed by atoms with Crippen molar-refractivity contribution >= 4 is 39.1 Å². The van der Waals surface area contributed by atoms with Gasteiger partial charge in [0.1, 0.15) is 7.85 Å². The van der Waals surface area contributed by atoms with Crippen LogP contribution in [0.25, 0.3) is 0 Å². The summed E-state index contributed by atoms with van der Waals surface area (Å²) in [5.74, 6) is -0.710. The number of carbonyl (C=O) groups excluding carboxylic acids is 3. The number of nitrogens with zero attached hydrogens (tertiary/aromatic N) is 1. The van der Waals surface area contributed by atoms with E-state index < -0.39 is 5.44 Å². The van der Waals surface area contributed by atoms with Crippen molar-refractivity contribution in [3.8, 4) is 0 Å². The Morgan fingerprint density at radius 3 is 1.98 bits per heavy atom. The first-order valence-electron chi connectivity index (χ1n) is 14.5. The lowest BCUT2D eigenvalue weighted by molar-refractivity contribution is -0.124. The minimum absolute atomic E-state index is 0.0974. The summed E-state index contributed by atoms with van der Waals surface area (Å²) in [6.45, 7) is 20.6. The molecule has 3 amide bonds. The molecule has 2 unspecified atom stereocenters. The largest absolute Gasteiger partial charge is 0.376 e. The number of imide groups is 1. The SMILES string of the molecule is [B]C(C)(C)CCOC(C)(C)CCC([B])(C)NC(=O)CCC(C)(C)c1ccc(N2C(=O)CC(C(C)(C)C)C2=O)cc1. The van der Waals surface area contributed by atoms with Gasteiger partial charge in [-0.25, -0.2) is 0 Å². The Bertz CT molecular complexity index is 1050. The standard InChI is InChI=1S/C32H50B2N2O4/c1-28(2,3)24-21-26(38)36(27(24)39)23-13-11-22(12-14-23)29(4,5)16-15-25(37)35-32(10,34)18-17-31(8,9)40-20-19-30(6,7)33/h11-14,24H,15-21H2,1-10H3,(H,35,37). The summed E-state index contributed by atoms with van der Waals surface area (Å²) in [6.07, 6.45) is 3.21. The highest BCUT2D eigenvalue weighted by molar-refractivity contribution is 6.21. The lowest BCUT2D eigenvalue weighted by Gasteiger charge is -2.34. The molecule has 1 saturated heterocycles. The molecule has 218 valence electrons. The van der Waals surface area contributed by atoms with Crippen LogP contribution in [0.3, 0.4) is 0 Å². The zero-order valence-electron chi connectivity index (χ0n) is 26.6. The molecule has 2 rings (SSSR count). The van der Waals surface area contributed by atoms with E-state index in [1.165, 1.54) is 4.90 Å². The molecule has 1 heterocycles. The minimum atomic E-state index is -0.851. The van der Waals surface area contributed by atoms with Crippen molar-refractivity contribution < 1.29 is 19.1 Å². The van der Waals surface area contributed by atoms with Gasteiger partial charge < -0.3 is 10.1 Å². The quantitative estimate of drug-likeness (QED) is 0.242. The second-order valence-corrected chi connectivity index (χ2v) is 14.9. The summed E-state index contributed by atoms with van der Waals surface area (Å²) >= 11 is 0. The van der Waals surface area contributed by atoms with E-state index >= 15 is 0 Å². The van der Waals surface area contributed by atoms with Crippen LogP contribution in [0.4, 0.5) is 5.69 Å². The predicted molar refractivity (Wildman–Crippen MR) is 165 cm³/mol. The number of hydrogen-bond donors (Lipinski definition) is 1. The van der Waals surface area contributed by atoms with Gasteiger partial charge in [-0.1, -0.05) is 72.8 Å². The average molecular weight is 548 g/mol. The van der Waals surface area contributed by atoms with Crippen LogP contribution >= 0.6 is 0 Å². The molecule has 1 fully saturated rings. The molecule has 1 aliphatic rings. The molecule has 0 aliphatic carbocycles. The monoisotopic (exact) mass is 548 g/mol. The highest BCUT2D eigenvalue weighted by atomic mass is 16.5. The maximum atomic E-state index is 13.0. The maximum absolute atomic E-state index is 13.0. The Labute approximate surface area is 245 Å². The van der Waals surface area contributed by atoms with E-state index in [4.69, 9.17) is 20.4 Å². The van der Waals surface area contributed by atoms with Crippen LogP contribution in [0.15, 0.2) is 24.3 Å². The highest BCUT2D eigenvalue weighted by Gasteiger charge is 2.45. The van der Waals surface area contributed by atoms with Gasteiger partial charge in [-0.05, 0) is 73.5 Å². The number of carbonyl (C=O) groups is 3. The number of amides is 3. The fraction of sp³-hybridized carbons (Fsp3) is 0.719. The highest BCUT2D eigenvalue weighted by Crippen LogP contribution is 2.38. The van der Waals surface area contributed by atoms with Crippen molar-refractivity contribution in [3.05, 3.63) is 29.8 Å². The molecule has 4 radical (unpaired) electrons. The van der Waals surface area contributed by atoms with Crippen LogP contribution in [-0.4, -0.2) is 51.1 Å². The van der Waals surface area contributed by atoms with E-state index in [-0.39, 0.29) is 51.8 Å². The summed E-state index contributed by atoms with van der Waals surface area (Å²) in [5.41, 5.74) is -0.156. The number of hydrogen-bond acceptors (Lipinski definition) is 4. The molecule has 0 bridgehead atoms. The second kappa shape index (κ2) is 12.4. The van der Waals surface area contributed by atoms with Gasteiger partial charge in [-0.2, -0.15) is 0 Å². The number of ether oxygens (including phenoxy) is 1. The van der Waals surface area contributed by atoms with E-state index in [9.17, 15) is 14.4 Å². The van der Waals surface area contributed by atoms with Gasteiger partial charge in [0, 0.05) is 19.4 Å². The van der Waals surface area contributed by atoms with Crippen LogP contribution in [0.2, 0.25) is 5.31 Å². The number of rotatable bonds is 13. The van der Waals surface area contributed by atoms with Crippen LogP contribution in [0.1, 0.15) is 113 Å². The van der Waals surface area contributed by atoms with Gasteiger partial charge in [0.25, 0.3) is 0 Å². The maximum Gasteiger partial charge on any atom is 0.237 e. The molecule has 1 N–H and O–H groups in total. The van der Waals surface area contributed by atoms with Gasteiger partial charge >= 0.3 is 0 Å². The zero-order chi connectivity index (χ0) is 30.7. The Morgan fingerprint density at radius 1 is 0.900 bits per heavy atom. The summed E-state index contributed by atoms with van der Waals surface area (Å²) in [4.78, 5) is 39.7. The first-order valence-corrected chi connectivity index (χ1v) is 14.5. The predicted octanol–water partition coefficient (Wildman–Crippen LogP) is 6.00. The molecule has 8 heteroatoms. The van der Waals surface area contributed by atoms with E-state index in [2.05, 4.69) is 19.2 Å². The van der Waals surface area contributed by atoms with Crippen molar-refractivity contribution in [2.75, 3.05) is 11.5 Å². The molecule has 40 heavy (non-hydrogen) atoms. The number of anilines is 1. The molecule has 0 saturated carbocycles. The molecular weight excluding hydrogens is 498 g/mol. The van der Waals surface area contributed by atoms with Crippen molar-refractivity contribution in [1.82, 2.24) is 5.32 Å². The van der Waals surface area contributed by atoms with E-state index in [0.29, 0.717) is 38.0 Å². The summed E-state index contributed by atoms with van der Waals surface area (Å²) in [5, 5.41) is 2.71. The van der Waals surface area contributed by atoms with Gasteiger partial charge in [0.05, 0.1) is 25.1 Å². The van der Waals surface area contributed by atoms with E-state index in [1.54, 1.807) is 0 Å². The van der Waals surface area contributed by atoms with E-state index in [1.807, 2.05) is 79.7 Å². The molecule has 1 aromatic rings. The van der Waals surface area contributed by atoms with Crippen LogP contribution < -0.4 is 10.2 Å². The lowest BCUT2D eigenvalue weighted by Crippen LogP contribution is -2.48. The molecule has 0 aromatic heterocycles. The molecular formula is C32H50B2N2O4. The van der Waals surface area contributed by atoms with Crippen molar-refractivity contribution in [1.29, 1.82) is 0 Å². The molecule has 1 aliphatic heterocycles. The summed E-state index contributed by atoms with van der Waals surface area (Å²) in [6, 6.07) is 7.54. The first-order chi connectivity index (χ1) is 18.0. The van der Waals surface area contributed by atoms with Crippen LogP contribution in [-0.2, 0) is 24.5 Å². The summed E-state index contributed by atoms with van der Waals surface area (Å²) in [7, 11) is 12.5. The van der Waals surface area contributed by atoms with Gasteiger partial charge in [-0.3, -0.25) is 19.3 Å². The molecule has 1 aromatic carbocycles. The zero-order valence-corrected chi connectivity index (χ0v) is 26.6. The molecule has 2 atom stereocenters. The fourth-order valence-corrected chi connectivity index (χ4v) is 4.88. The Morgan fingerprint density at radius 2 is 1.48 bits per heavy atom. The third-order valence-corrected chi connectivity index (χ3v) is 7.99. The van der Waals surface area contributed by atoms with E-state index in [0.717, 1.165) is 12.0 Å². The number of nitrogens with one attached hydrogen (secondary N) is 1. The van der Waals surface area contributed by atoms with Crippen molar-refractivity contribution in [2.45, 2.75) is 130 Å². The Balaban J connectivity index is 1.91. The fourth-order valence-electron chi connectivity index (χ4n) is 4.88. The first kappa shape index (κ1) is 34.1. The van der Waals surface area contributed by atoms with Gasteiger partial charge in [0.15, 0.2) is 0 Å². The smallest absolute Gasteiger partial charge is 0.237 e. The third-order valence-electron chi connectivity index (χ3n) is 7.99. The minimum Gasteiger partial charge on any atom is -0.376 e. The van der Waals surface area contributed by atoms with Gasteiger partial charge in [-0.15, -0.1) is 0 Å². The third kappa shape index (κ3) is 10.1. The van der Waals surface area contributed by atoms with Crippen molar-refractivity contribution in [2.24, 2.45) is 11.3 Å². The molecule has 0 spiro atoms. The Hall–Kier alpha value is -2.08. The average Bonchev–Trinajstić information content (AvgIpc) is 3.10. The Kier molecular flexibility index (Phi) is 10.6. The van der Waals surface area contributed by atoms with Crippen LogP contribution in [0, 0.1) is 11.3 Å². The number of benzene rings is 1.